The quantitative estimate of drug-likeness (QED) is 0.0542. The summed E-state index contributed by atoms with van der Waals surface area (Å²) in [7, 11) is 1.74. The molecule has 1 unspecified atom stereocenters. The smallest absolute Gasteiger partial charge is 0.317 e. The number of likely N-dealkylation sites (N-methyl/N-ethyl adjacent to an activating group) is 1. The molecular formula is C37H74N5O10P. The highest BCUT2D eigenvalue weighted by atomic mass is 31.2. The molecular weight excluding hydrogens is 705 g/mol. The van der Waals surface area contributed by atoms with Crippen molar-refractivity contribution < 1.29 is 52.7 Å². The molecule has 0 amide bonds. The number of unbranched alkanes of at least 4 members (excludes halogenated alkanes) is 15. The van der Waals surface area contributed by atoms with Gasteiger partial charge in [-0.1, -0.05) is 89.9 Å². The minimum Gasteiger partial charge on any atom is -0.756 e. The maximum atomic E-state index is 11.8. The third kappa shape index (κ3) is 31.2. The molecule has 1 aliphatic heterocycles. The monoisotopic (exact) mass is 780 g/mol. The molecule has 0 spiro atoms. The zero-order chi connectivity index (χ0) is 39.4. The highest BCUT2D eigenvalue weighted by Gasteiger charge is 2.20. The third-order valence-corrected chi connectivity index (χ3v) is 10.6. The summed E-state index contributed by atoms with van der Waals surface area (Å²) in [6, 6.07) is 0. The molecule has 0 radical (unpaired) electrons. The Morgan fingerprint density at radius 1 is 0.509 bits per heavy atom. The van der Waals surface area contributed by atoms with E-state index in [-0.39, 0.29) is 32.8 Å². The van der Waals surface area contributed by atoms with Crippen LogP contribution < -0.4 is 4.89 Å². The maximum absolute atomic E-state index is 11.8. The van der Waals surface area contributed by atoms with Gasteiger partial charge in [-0.2, -0.15) is 0 Å². The molecule has 312 valence electrons. The van der Waals surface area contributed by atoms with Crippen molar-refractivity contribution in [2.45, 2.75) is 103 Å². The van der Waals surface area contributed by atoms with Crippen LogP contribution in [0.5, 0.6) is 0 Å². The normalized spacial score (nSPS) is 17.6. The molecule has 0 aromatic rings. The minimum atomic E-state index is -4.20. The number of hydrogen-bond acceptors (Lipinski definition) is 11. The first-order chi connectivity index (χ1) is 25.1. The second kappa shape index (κ2) is 29.6. The van der Waals surface area contributed by atoms with Gasteiger partial charge in [-0.3, -0.25) is 33.6 Å². The molecule has 1 aliphatic rings. The van der Waals surface area contributed by atoms with Crippen molar-refractivity contribution >= 4 is 25.7 Å². The molecule has 15 nitrogen and oxygen atoms in total. The summed E-state index contributed by atoms with van der Waals surface area (Å²) < 4.78 is 22.3. The van der Waals surface area contributed by atoms with Crippen LogP contribution >= 0.6 is 7.82 Å². The summed E-state index contributed by atoms with van der Waals surface area (Å²) >= 11 is 0. The van der Waals surface area contributed by atoms with Gasteiger partial charge in [0.25, 0.3) is 7.82 Å². The maximum Gasteiger partial charge on any atom is 0.317 e. The summed E-state index contributed by atoms with van der Waals surface area (Å²) in [5, 5.41) is 28.2. The summed E-state index contributed by atoms with van der Waals surface area (Å²) in [4.78, 5) is 54.0. The predicted octanol–water partition coefficient (Wildman–Crippen LogP) is 3.91. The van der Waals surface area contributed by atoms with Gasteiger partial charge in [0.05, 0.1) is 47.4 Å². The number of hydrogen-bond donors (Lipinski definition) is 3. The Bertz CT molecular complexity index is 1000. The van der Waals surface area contributed by atoms with Gasteiger partial charge in [-0.05, 0) is 19.4 Å². The highest BCUT2D eigenvalue weighted by Crippen LogP contribution is 2.38. The van der Waals surface area contributed by atoms with E-state index in [0.717, 1.165) is 38.6 Å². The Labute approximate surface area is 319 Å². The van der Waals surface area contributed by atoms with Crippen molar-refractivity contribution in [1.29, 1.82) is 0 Å². The van der Waals surface area contributed by atoms with Crippen molar-refractivity contribution in [2.75, 3.05) is 119 Å². The number of carboxylic acids is 3. The van der Waals surface area contributed by atoms with Gasteiger partial charge in [0.2, 0.25) is 0 Å². The van der Waals surface area contributed by atoms with E-state index in [4.69, 9.17) is 9.05 Å². The van der Waals surface area contributed by atoms with Crippen LogP contribution in [0.1, 0.15) is 103 Å². The van der Waals surface area contributed by atoms with Crippen molar-refractivity contribution in [2.24, 2.45) is 0 Å². The second-order valence-corrected chi connectivity index (χ2v) is 17.0. The van der Waals surface area contributed by atoms with E-state index in [9.17, 15) is 39.2 Å². The second-order valence-electron chi connectivity index (χ2n) is 15.6. The van der Waals surface area contributed by atoms with E-state index in [2.05, 4.69) is 4.90 Å². The average Bonchev–Trinajstić information content (AvgIpc) is 3.05. The van der Waals surface area contributed by atoms with Crippen LogP contribution in [0.4, 0.5) is 0 Å². The fraction of sp³-hybridized carbons (Fsp3) is 0.919. The first-order valence-corrected chi connectivity index (χ1v) is 21.6. The van der Waals surface area contributed by atoms with Gasteiger partial charge < -0.3 is 38.6 Å². The Balaban J connectivity index is 2.15. The fourth-order valence-corrected chi connectivity index (χ4v) is 7.14. The zero-order valence-electron chi connectivity index (χ0n) is 33.3. The standard InChI is InChI=1S/C37H74N5O10P/c1-42(2,3)29-31-52-53(49,50)51-30-19-17-15-13-11-9-7-5-4-6-8-10-12-14-16-18-20-38-21-23-39(32-35(43)44)25-27-41(34-37(47)48)28-26-40(24-22-38)33-36(45)46/h4-34H2,1-3H3,(H3-,43,44,45,46,47,48,49,50). The molecule has 1 atom stereocenters. The Hall–Kier alpha value is -1.68. The fourth-order valence-electron chi connectivity index (χ4n) is 6.40. The summed E-state index contributed by atoms with van der Waals surface area (Å²) in [5.74, 6) is -2.77. The van der Waals surface area contributed by atoms with Gasteiger partial charge >= 0.3 is 17.9 Å². The minimum absolute atomic E-state index is 0.0928. The number of phosphoric ester groups is 1. The van der Waals surface area contributed by atoms with Gasteiger partial charge in [-0.25, -0.2) is 0 Å². The molecule has 1 fully saturated rings. The SMILES string of the molecule is C[N+](C)(C)CCOP(=O)([O-])OCCCCCCCCCCCCCCCCCCN1CCN(CC(=O)O)CCN(CC(=O)O)CCN(CC(=O)O)CC1. The van der Waals surface area contributed by atoms with E-state index in [1.54, 1.807) is 4.90 Å². The van der Waals surface area contributed by atoms with Crippen LogP contribution in [0, 0.1) is 0 Å². The molecule has 0 saturated carbocycles. The van der Waals surface area contributed by atoms with Crippen molar-refractivity contribution in [3.8, 4) is 0 Å². The Kier molecular flexibility index (Phi) is 27.5. The van der Waals surface area contributed by atoms with Crippen LogP contribution in [0.15, 0.2) is 0 Å². The Morgan fingerprint density at radius 2 is 0.792 bits per heavy atom. The van der Waals surface area contributed by atoms with Crippen molar-refractivity contribution in [3.63, 3.8) is 0 Å². The molecule has 16 heteroatoms. The van der Waals surface area contributed by atoms with Crippen molar-refractivity contribution in [3.05, 3.63) is 0 Å². The van der Waals surface area contributed by atoms with Gasteiger partial charge in [0, 0.05) is 52.4 Å². The predicted molar refractivity (Wildman–Crippen MR) is 205 cm³/mol. The summed E-state index contributed by atoms with van der Waals surface area (Å²) in [5.41, 5.74) is 0. The van der Waals surface area contributed by atoms with Gasteiger partial charge in [-0.15, -0.1) is 0 Å². The van der Waals surface area contributed by atoms with E-state index >= 15 is 0 Å². The van der Waals surface area contributed by atoms with Crippen LogP contribution in [-0.4, -0.2) is 177 Å². The topological polar surface area (TPSA) is 183 Å². The van der Waals surface area contributed by atoms with Crippen LogP contribution in [0.3, 0.4) is 0 Å². The van der Waals surface area contributed by atoms with Gasteiger partial charge in [0.15, 0.2) is 0 Å². The van der Waals surface area contributed by atoms with E-state index < -0.39 is 25.7 Å². The zero-order valence-corrected chi connectivity index (χ0v) is 34.2. The molecule has 0 bridgehead atoms. The summed E-state index contributed by atoms with van der Waals surface area (Å²) in [6.07, 6.45) is 18.7. The first-order valence-electron chi connectivity index (χ1n) is 20.1. The molecule has 1 saturated heterocycles. The number of carboxylic acid groups (broad SMARTS) is 3. The Morgan fingerprint density at radius 3 is 1.11 bits per heavy atom. The number of rotatable bonds is 30. The lowest BCUT2D eigenvalue weighted by Gasteiger charge is -2.33. The molecule has 0 aliphatic carbocycles. The number of phosphoric acid groups is 1. The average molecular weight is 780 g/mol. The number of carbonyl (C=O) groups is 3. The lowest BCUT2D eigenvalue weighted by atomic mass is 10.0. The van der Waals surface area contributed by atoms with E-state index in [1.165, 1.54) is 70.6 Å². The van der Waals surface area contributed by atoms with Crippen LogP contribution in [0.25, 0.3) is 0 Å². The molecule has 1 heterocycles. The largest absolute Gasteiger partial charge is 0.756 e. The molecule has 0 aromatic heterocycles. The van der Waals surface area contributed by atoms with Gasteiger partial charge in [0.1, 0.15) is 13.2 Å². The van der Waals surface area contributed by atoms with Crippen LogP contribution in [0.2, 0.25) is 0 Å². The van der Waals surface area contributed by atoms with E-state index in [0.29, 0.717) is 63.4 Å². The lowest BCUT2D eigenvalue weighted by Crippen LogP contribution is -2.48. The molecule has 3 N–H and O–H groups in total. The van der Waals surface area contributed by atoms with E-state index in [1.807, 2.05) is 30.9 Å². The van der Waals surface area contributed by atoms with Crippen molar-refractivity contribution in [1.82, 2.24) is 19.6 Å². The highest BCUT2D eigenvalue weighted by molar-refractivity contribution is 7.45. The summed E-state index contributed by atoms with van der Waals surface area (Å²) in [6.45, 7) is 5.66. The molecule has 53 heavy (non-hydrogen) atoms. The first kappa shape index (κ1) is 49.3. The molecule has 0 aromatic carbocycles. The lowest BCUT2D eigenvalue weighted by molar-refractivity contribution is -0.870. The number of quaternary nitrogens is 1. The molecule has 1 rings (SSSR count). The third-order valence-electron chi connectivity index (χ3n) is 9.64. The number of aliphatic carboxylic acids is 3. The number of nitrogens with zero attached hydrogens (tertiary/aromatic N) is 5. The van der Waals surface area contributed by atoms with Crippen LogP contribution in [-0.2, 0) is 28.0 Å².